The first-order valence-corrected chi connectivity index (χ1v) is 6.38. The van der Waals surface area contributed by atoms with Gasteiger partial charge in [0, 0.05) is 0 Å². The van der Waals surface area contributed by atoms with Gasteiger partial charge in [-0.15, -0.1) is 11.6 Å². The van der Waals surface area contributed by atoms with Gasteiger partial charge in [-0.3, -0.25) is 4.79 Å². The Bertz CT molecular complexity index is 507. The van der Waals surface area contributed by atoms with E-state index in [2.05, 4.69) is 0 Å². The van der Waals surface area contributed by atoms with Crippen LogP contribution in [0.1, 0.15) is 29.3 Å². The zero-order valence-electron chi connectivity index (χ0n) is 10.2. The van der Waals surface area contributed by atoms with Crippen LogP contribution in [0.3, 0.4) is 0 Å². The Morgan fingerprint density at radius 1 is 0.889 bits per heavy atom. The lowest BCUT2D eigenvalue weighted by Crippen LogP contribution is -2.14. The highest BCUT2D eigenvalue weighted by molar-refractivity contribution is 6.23. The standard InChI is InChI=1S/C16H15ClO/c1-12(18)15(13-8-4-2-5-9-13)16(17)14-10-6-3-7-11-14/h2-11,15-16H,1H3/t15-,16+/m1/s1. The predicted molar refractivity (Wildman–Crippen MR) is 74.9 cm³/mol. The number of hydrogen-bond acceptors (Lipinski definition) is 1. The van der Waals surface area contributed by atoms with E-state index >= 15 is 0 Å². The van der Waals surface area contributed by atoms with Crippen molar-refractivity contribution in [2.24, 2.45) is 0 Å². The van der Waals surface area contributed by atoms with E-state index in [0.29, 0.717) is 0 Å². The second kappa shape index (κ2) is 5.83. The number of ketones is 1. The van der Waals surface area contributed by atoms with E-state index in [4.69, 9.17) is 11.6 Å². The van der Waals surface area contributed by atoms with E-state index < -0.39 is 0 Å². The molecule has 0 aliphatic carbocycles. The summed E-state index contributed by atoms with van der Waals surface area (Å²) in [6.07, 6.45) is 0. The summed E-state index contributed by atoms with van der Waals surface area (Å²) in [5.74, 6) is -0.208. The molecule has 0 aromatic heterocycles. The molecule has 0 saturated heterocycles. The number of hydrogen-bond donors (Lipinski definition) is 0. The molecule has 92 valence electrons. The van der Waals surface area contributed by atoms with Crippen LogP contribution in [0.15, 0.2) is 60.7 Å². The minimum absolute atomic E-state index is 0.0880. The van der Waals surface area contributed by atoms with Crippen LogP contribution in [0.25, 0.3) is 0 Å². The molecule has 2 aromatic carbocycles. The van der Waals surface area contributed by atoms with Crippen LogP contribution in [0.2, 0.25) is 0 Å². The summed E-state index contributed by atoms with van der Waals surface area (Å²) >= 11 is 6.48. The van der Waals surface area contributed by atoms with E-state index in [9.17, 15) is 4.79 Å². The summed E-state index contributed by atoms with van der Waals surface area (Å²) < 4.78 is 0. The third-order valence-electron chi connectivity index (χ3n) is 3.01. The Hall–Kier alpha value is -1.60. The van der Waals surface area contributed by atoms with Gasteiger partial charge < -0.3 is 0 Å². The van der Waals surface area contributed by atoms with Crippen LogP contribution in [-0.2, 0) is 4.79 Å². The van der Waals surface area contributed by atoms with Gasteiger partial charge in [-0.2, -0.15) is 0 Å². The van der Waals surface area contributed by atoms with Crippen molar-refractivity contribution in [2.75, 3.05) is 0 Å². The van der Waals surface area contributed by atoms with Crippen LogP contribution in [0, 0.1) is 0 Å². The Balaban J connectivity index is 2.35. The number of halogens is 1. The molecule has 1 nitrogen and oxygen atoms in total. The van der Waals surface area contributed by atoms with E-state index in [1.54, 1.807) is 6.92 Å². The van der Waals surface area contributed by atoms with Crippen molar-refractivity contribution in [3.8, 4) is 0 Å². The maximum absolute atomic E-state index is 11.9. The average Bonchev–Trinajstić information content (AvgIpc) is 2.40. The number of rotatable bonds is 4. The molecule has 18 heavy (non-hydrogen) atoms. The first kappa shape index (κ1) is 12.8. The quantitative estimate of drug-likeness (QED) is 0.746. The van der Waals surface area contributed by atoms with Gasteiger partial charge in [0.05, 0.1) is 11.3 Å². The highest BCUT2D eigenvalue weighted by Gasteiger charge is 2.26. The summed E-state index contributed by atoms with van der Waals surface area (Å²) in [5, 5.41) is -0.328. The van der Waals surface area contributed by atoms with Crippen molar-refractivity contribution >= 4 is 17.4 Å². The zero-order chi connectivity index (χ0) is 13.0. The van der Waals surface area contributed by atoms with Crippen molar-refractivity contribution in [1.29, 1.82) is 0 Å². The van der Waals surface area contributed by atoms with Gasteiger partial charge >= 0.3 is 0 Å². The molecule has 2 heteroatoms. The molecule has 0 heterocycles. The van der Waals surface area contributed by atoms with Crippen molar-refractivity contribution in [2.45, 2.75) is 18.2 Å². The van der Waals surface area contributed by atoms with Crippen LogP contribution in [0.5, 0.6) is 0 Å². The van der Waals surface area contributed by atoms with Gasteiger partial charge in [0.25, 0.3) is 0 Å². The van der Waals surface area contributed by atoms with E-state index in [1.165, 1.54) is 0 Å². The summed E-state index contributed by atoms with van der Waals surface area (Å²) in [6.45, 7) is 1.59. The Kier molecular flexibility index (Phi) is 4.16. The predicted octanol–water partition coefficient (Wildman–Crippen LogP) is 4.34. The molecule has 0 unspecified atom stereocenters. The summed E-state index contributed by atoms with van der Waals surface area (Å²) in [5.41, 5.74) is 1.94. The highest BCUT2D eigenvalue weighted by atomic mass is 35.5. The normalized spacial score (nSPS) is 13.9. The highest BCUT2D eigenvalue weighted by Crippen LogP contribution is 2.36. The number of carbonyl (C=O) groups is 1. The monoisotopic (exact) mass is 258 g/mol. The van der Waals surface area contributed by atoms with Crippen molar-refractivity contribution in [1.82, 2.24) is 0 Å². The molecule has 0 bridgehead atoms. The minimum atomic E-state index is -0.328. The fraction of sp³-hybridized carbons (Fsp3) is 0.188. The van der Waals surface area contributed by atoms with E-state index in [1.807, 2.05) is 60.7 Å². The van der Waals surface area contributed by atoms with Gasteiger partial charge in [-0.1, -0.05) is 60.7 Å². The third kappa shape index (κ3) is 2.80. The molecule has 0 amide bonds. The van der Waals surface area contributed by atoms with Gasteiger partial charge in [0.1, 0.15) is 5.78 Å². The van der Waals surface area contributed by atoms with E-state index in [0.717, 1.165) is 11.1 Å². The molecule has 0 N–H and O–H groups in total. The lowest BCUT2D eigenvalue weighted by Gasteiger charge is -2.20. The summed E-state index contributed by atoms with van der Waals surface area (Å²) in [6, 6.07) is 19.4. The Morgan fingerprint density at radius 3 is 1.78 bits per heavy atom. The number of alkyl halides is 1. The molecule has 0 spiro atoms. The summed E-state index contributed by atoms with van der Waals surface area (Å²) in [7, 11) is 0. The van der Waals surface area contributed by atoms with E-state index in [-0.39, 0.29) is 17.1 Å². The van der Waals surface area contributed by atoms with Gasteiger partial charge in [0.2, 0.25) is 0 Å². The number of carbonyl (C=O) groups excluding carboxylic acids is 1. The van der Waals surface area contributed by atoms with Crippen LogP contribution in [-0.4, -0.2) is 5.78 Å². The first-order valence-electron chi connectivity index (χ1n) is 5.94. The zero-order valence-corrected chi connectivity index (χ0v) is 11.0. The number of Topliss-reactive ketones (excluding diaryl/α,β-unsaturated/α-hetero) is 1. The smallest absolute Gasteiger partial charge is 0.139 e. The maximum Gasteiger partial charge on any atom is 0.139 e. The molecule has 0 aliphatic rings. The van der Waals surface area contributed by atoms with Gasteiger partial charge in [-0.25, -0.2) is 0 Å². The second-order valence-electron chi connectivity index (χ2n) is 4.31. The van der Waals surface area contributed by atoms with Crippen molar-refractivity contribution in [3.63, 3.8) is 0 Å². The molecular weight excluding hydrogens is 244 g/mol. The van der Waals surface area contributed by atoms with Gasteiger partial charge in [-0.05, 0) is 18.1 Å². The minimum Gasteiger partial charge on any atom is -0.299 e. The molecule has 2 aromatic rings. The fourth-order valence-corrected chi connectivity index (χ4v) is 2.57. The molecule has 0 aliphatic heterocycles. The van der Waals surface area contributed by atoms with Crippen LogP contribution < -0.4 is 0 Å². The molecule has 0 fully saturated rings. The first-order chi connectivity index (χ1) is 8.70. The van der Waals surface area contributed by atoms with Crippen LogP contribution in [0.4, 0.5) is 0 Å². The summed E-state index contributed by atoms with van der Waals surface area (Å²) in [4.78, 5) is 11.9. The molecular formula is C16H15ClO. The third-order valence-corrected chi connectivity index (χ3v) is 3.51. The fourth-order valence-electron chi connectivity index (χ4n) is 2.10. The SMILES string of the molecule is CC(=O)[C@H](c1ccccc1)[C@@H](Cl)c1ccccc1. The van der Waals surface area contributed by atoms with Crippen LogP contribution >= 0.6 is 11.6 Å². The van der Waals surface area contributed by atoms with Gasteiger partial charge in [0.15, 0.2) is 0 Å². The maximum atomic E-state index is 11.9. The molecule has 2 rings (SSSR count). The molecule has 0 saturated carbocycles. The largest absolute Gasteiger partial charge is 0.299 e. The Morgan fingerprint density at radius 2 is 1.33 bits per heavy atom. The average molecular weight is 259 g/mol. The van der Waals surface area contributed by atoms with Crippen molar-refractivity contribution < 1.29 is 4.79 Å². The molecule has 2 atom stereocenters. The van der Waals surface area contributed by atoms with Crippen molar-refractivity contribution in [3.05, 3.63) is 71.8 Å². The lowest BCUT2D eigenvalue weighted by atomic mass is 9.88. The second-order valence-corrected chi connectivity index (χ2v) is 4.78. The number of benzene rings is 2. The lowest BCUT2D eigenvalue weighted by molar-refractivity contribution is -0.118. The topological polar surface area (TPSA) is 17.1 Å². The molecule has 0 radical (unpaired) electrons. The Labute approximate surface area is 112 Å².